The molecule has 0 atom stereocenters. The molecule has 0 bridgehead atoms. The molecular formula is C19H20N6O2. The zero-order valence-electron chi connectivity index (χ0n) is 14.8. The standard InChI is InChI=1S/C19H20N6O2/c26-18(16-11-15(22-23-16)13-1-6-20-7-2-13)25-8-4-19(5-9-25)17-14(3-10-27-19)12-21-24-17/h1-2,6-7,11-12H,3-5,8-10H2,(H,21,24)(H,22,23). The van der Waals surface area contributed by atoms with Crippen LogP contribution >= 0.6 is 0 Å². The second-order valence-electron chi connectivity index (χ2n) is 7.06. The molecule has 2 aliphatic rings. The number of likely N-dealkylation sites (tertiary alicyclic amines) is 1. The third-order valence-electron chi connectivity index (χ3n) is 5.57. The van der Waals surface area contributed by atoms with Crippen molar-refractivity contribution < 1.29 is 9.53 Å². The fraction of sp³-hybridized carbons (Fsp3) is 0.368. The summed E-state index contributed by atoms with van der Waals surface area (Å²) in [5.41, 5.74) is 4.16. The fourth-order valence-corrected chi connectivity index (χ4v) is 4.06. The molecule has 1 fully saturated rings. The molecule has 2 N–H and O–H groups in total. The summed E-state index contributed by atoms with van der Waals surface area (Å²) in [6.45, 7) is 1.98. The van der Waals surface area contributed by atoms with Crippen LogP contribution in [-0.4, -0.2) is 55.9 Å². The van der Waals surface area contributed by atoms with Crippen LogP contribution in [-0.2, 0) is 16.8 Å². The average Bonchev–Trinajstić information content (AvgIpc) is 3.39. The number of nitrogens with one attached hydrogen (secondary N) is 2. The fourth-order valence-electron chi connectivity index (χ4n) is 4.06. The first kappa shape index (κ1) is 16.2. The molecule has 5 rings (SSSR count). The van der Waals surface area contributed by atoms with Gasteiger partial charge in [0.05, 0.1) is 24.2 Å². The van der Waals surface area contributed by atoms with Gasteiger partial charge >= 0.3 is 0 Å². The van der Waals surface area contributed by atoms with E-state index in [4.69, 9.17) is 4.74 Å². The van der Waals surface area contributed by atoms with Gasteiger partial charge < -0.3 is 9.64 Å². The number of amides is 1. The van der Waals surface area contributed by atoms with E-state index < -0.39 is 0 Å². The Labute approximate surface area is 156 Å². The summed E-state index contributed by atoms with van der Waals surface area (Å²) in [5.74, 6) is -0.0294. The first-order chi connectivity index (χ1) is 13.3. The molecule has 0 radical (unpaired) electrons. The Morgan fingerprint density at radius 3 is 2.81 bits per heavy atom. The van der Waals surface area contributed by atoms with Crippen molar-refractivity contribution in [1.82, 2.24) is 30.3 Å². The maximum absolute atomic E-state index is 12.9. The highest BCUT2D eigenvalue weighted by Crippen LogP contribution is 2.40. The number of ether oxygens (including phenoxy) is 1. The van der Waals surface area contributed by atoms with E-state index in [0.29, 0.717) is 25.4 Å². The number of carbonyl (C=O) groups is 1. The van der Waals surface area contributed by atoms with Crippen molar-refractivity contribution in [3.8, 4) is 11.3 Å². The molecule has 5 heterocycles. The van der Waals surface area contributed by atoms with Crippen molar-refractivity contribution >= 4 is 5.91 Å². The van der Waals surface area contributed by atoms with Crippen molar-refractivity contribution in [3.63, 3.8) is 0 Å². The van der Waals surface area contributed by atoms with Crippen LogP contribution in [0.2, 0.25) is 0 Å². The van der Waals surface area contributed by atoms with Crippen molar-refractivity contribution in [1.29, 1.82) is 0 Å². The van der Waals surface area contributed by atoms with Gasteiger partial charge in [-0.05, 0) is 43.0 Å². The number of piperidine rings is 1. The van der Waals surface area contributed by atoms with Crippen molar-refractivity contribution in [2.45, 2.75) is 24.9 Å². The zero-order valence-corrected chi connectivity index (χ0v) is 14.8. The SMILES string of the molecule is O=C(c1cc(-c2ccncc2)n[nH]1)N1CCC2(CC1)OCCc1cn[nH]c12. The Morgan fingerprint density at radius 2 is 2.00 bits per heavy atom. The molecule has 0 aliphatic carbocycles. The Hall–Kier alpha value is -3.00. The van der Waals surface area contributed by atoms with E-state index in [1.54, 1.807) is 18.5 Å². The number of fused-ring (bicyclic) bond motifs is 2. The highest BCUT2D eigenvalue weighted by molar-refractivity contribution is 5.93. The highest BCUT2D eigenvalue weighted by Gasteiger charge is 2.43. The smallest absolute Gasteiger partial charge is 0.271 e. The van der Waals surface area contributed by atoms with Crippen LogP contribution in [0.4, 0.5) is 0 Å². The van der Waals surface area contributed by atoms with Crippen LogP contribution in [0.3, 0.4) is 0 Å². The Kier molecular flexibility index (Phi) is 3.78. The van der Waals surface area contributed by atoms with Crippen LogP contribution in [0.1, 0.15) is 34.6 Å². The normalized spacial score (nSPS) is 18.4. The topological polar surface area (TPSA) is 99.8 Å². The van der Waals surface area contributed by atoms with Gasteiger partial charge in [-0.1, -0.05) is 0 Å². The Bertz CT molecular complexity index is 956. The summed E-state index contributed by atoms with van der Waals surface area (Å²) in [5, 5.41) is 14.4. The minimum atomic E-state index is -0.336. The summed E-state index contributed by atoms with van der Waals surface area (Å²) in [7, 11) is 0. The van der Waals surface area contributed by atoms with Crippen molar-refractivity contribution in [2.75, 3.05) is 19.7 Å². The Balaban J connectivity index is 1.31. The van der Waals surface area contributed by atoms with Gasteiger partial charge in [0, 0.05) is 31.0 Å². The van der Waals surface area contributed by atoms with Gasteiger partial charge in [-0.2, -0.15) is 10.2 Å². The maximum atomic E-state index is 12.9. The molecule has 2 aliphatic heterocycles. The lowest BCUT2D eigenvalue weighted by Crippen LogP contribution is -2.48. The largest absolute Gasteiger partial charge is 0.368 e. The van der Waals surface area contributed by atoms with Gasteiger partial charge in [0.1, 0.15) is 11.3 Å². The number of pyridine rings is 1. The van der Waals surface area contributed by atoms with Crippen LogP contribution < -0.4 is 0 Å². The minimum absolute atomic E-state index is 0.0294. The molecular weight excluding hydrogens is 344 g/mol. The lowest BCUT2D eigenvalue weighted by Gasteiger charge is -2.43. The molecule has 3 aromatic rings. The van der Waals surface area contributed by atoms with Gasteiger partial charge in [-0.15, -0.1) is 0 Å². The number of carbonyl (C=O) groups excluding carboxylic acids is 1. The highest BCUT2D eigenvalue weighted by atomic mass is 16.5. The minimum Gasteiger partial charge on any atom is -0.368 e. The van der Waals surface area contributed by atoms with Crippen LogP contribution in [0, 0.1) is 0 Å². The molecule has 27 heavy (non-hydrogen) atoms. The summed E-state index contributed by atoms with van der Waals surface area (Å²) in [6, 6.07) is 5.54. The van der Waals surface area contributed by atoms with E-state index >= 15 is 0 Å². The van der Waals surface area contributed by atoms with E-state index in [1.807, 2.05) is 23.2 Å². The van der Waals surface area contributed by atoms with E-state index in [1.165, 1.54) is 5.56 Å². The Morgan fingerprint density at radius 1 is 1.19 bits per heavy atom. The summed E-state index contributed by atoms with van der Waals surface area (Å²) >= 11 is 0. The number of rotatable bonds is 2. The second kappa shape index (κ2) is 6.31. The predicted molar refractivity (Wildman–Crippen MR) is 96.9 cm³/mol. The van der Waals surface area contributed by atoms with E-state index in [2.05, 4.69) is 25.4 Å². The third-order valence-corrected chi connectivity index (χ3v) is 5.57. The second-order valence-corrected chi connectivity index (χ2v) is 7.06. The molecule has 0 aromatic carbocycles. The number of nitrogens with zero attached hydrogens (tertiary/aromatic N) is 4. The summed E-state index contributed by atoms with van der Waals surface area (Å²) in [4.78, 5) is 18.8. The first-order valence-corrected chi connectivity index (χ1v) is 9.17. The van der Waals surface area contributed by atoms with Crippen LogP contribution in [0.25, 0.3) is 11.3 Å². The number of aromatic amines is 2. The molecule has 1 spiro atoms. The molecule has 138 valence electrons. The lowest BCUT2D eigenvalue weighted by molar-refractivity contribution is -0.0962. The van der Waals surface area contributed by atoms with Gasteiger partial charge in [-0.3, -0.25) is 20.0 Å². The maximum Gasteiger partial charge on any atom is 0.271 e. The number of hydrogen-bond acceptors (Lipinski definition) is 5. The molecule has 3 aromatic heterocycles. The number of H-pyrrole nitrogens is 2. The van der Waals surface area contributed by atoms with E-state index in [-0.39, 0.29) is 11.5 Å². The molecule has 1 saturated heterocycles. The van der Waals surface area contributed by atoms with Gasteiger partial charge in [0.2, 0.25) is 0 Å². The number of hydrogen-bond donors (Lipinski definition) is 2. The van der Waals surface area contributed by atoms with Gasteiger partial charge in [0.25, 0.3) is 5.91 Å². The molecule has 1 amide bonds. The van der Waals surface area contributed by atoms with E-state index in [0.717, 1.165) is 36.2 Å². The van der Waals surface area contributed by atoms with Crippen molar-refractivity contribution in [3.05, 3.63) is 53.7 Å². The number of aromatic nitrogens is 5. The predicted octanol–water partition coefficient (Wildman–Crippen LogP) is 1.90. The summed E-state index contributed by atoms with van der Waals surface area (Å²) in [6.07, 6.45) is 7.73. The lowest BCUT2D eigenvalue weighted by atomic mass is 9.83. The van der Waals surface area contributed by atoms with Gasteiger partial charge in [-0.25, -0.2) is 0 Å². The third kappa shape index (κ3) is 2.73. The van der Waals surface area contributed by atoms with Crippen LogP contribution in [0.15, 0.2) is 36.8 Å². The quantitative estimate of drug-likeness (QED) is 0.723. The average molecular weight is 364 g/mol. The molecule has 8 heteroatoms. The molecule has 0 unspecified atom stereocenters. The van der Waals surface area contributed by atoms with Gasteiger partial charge in [0.15, 0.2) is 0 Å². The van der Waals surface area contributed by atoms with Crippen LogP contribution in [0.5, 0.6) is 0 Å². The molecule has 8 nitrogen and oxygen atoms in total. The van der Waals surface area contributed by atoms with Crippen molar-refractivity contribution in [2.24, 2.45) is 0 Å². The summed E-state index contributed by atoms with van der Waals surface area (Å²) < 4.78 is 6.15. The monoisotopic (exact) mass is 364 g/mol. The van der Waals surface area contributed by atoms with E-state index in [9.17, 15) is 4.79 Å². The zero-order chi connectivity index (χ0) is 18.3. The molecule has 0 saturated carbocycles. The first-order valence-electron chi connectivity index (χ1n) is 9.17.